The highest BCUT2D eigenvalue weighted by Gasteiger charge is 2.10. The predicted molar refractivity (Wildman–Crippen MR) is 92.3 cm³/mol. The van der Waals surface area contributed by atoms with Crippen molar-refractivity contribution in [1.82, 2.24) is 15.6 Å². The summed E-state index contributed by atoms with van der Waals surface area (Å²) in [4.78, 5) is 15.3. The number of rotatable bonds is 7. The van der Waals surface area contributed by atoms with Gasteiger partial charge in [-0.25, -0.2) is 4.98 Å². The Labute approximate surface area is 138 Å². The zero-order valence-corrected chi connectivity index (χ0v) is 13.8. The summed E-state index contributed by atoms with van der Waals surface area (Å²) < 4.78 is 7.02. The van der Waals surface area contributed by atoms with Crippen LogP contribution in [0.1, 0.15) is 19.1 Å². The molecule has 6 heteroatoms. The maximum atomic E-state index is 10.7. The minimum absolute atomic E-state index is 0.0107. The van der Waals surface area contributed by atoms with E-state index in [2.05, 4.69) is 21.7 Å². The number of amides is 1. The normalized spacial score (nSPS) is 11.0. The van der Waals surface area contributed by atoms with Gasteiger partial charge in [0.25, 0.3) is 0 Å². The molecule has 1 amide bonds. The lowest BCUT2D eigenvalue weighted by atomic mass is 10.3. The summed E-state index contributed by atoms with van der Waals surface area (Å²) in [5, 5.41) is 6.98. The van der Waals surface area contributed by atoms with E-state index in [0.29, 0.717) is 13.1 Å². The lowest BCUT2D eigenvalue weighted by Gasteiger charge is -2.03. The van der Waals surface area contributed by atoms with Crippen molar-refractivity contribution in [2.24, 2.45) is 0 Å². The lowest BCUT2D eigenvalue weighted by Crippen LogP contribution is -2.24. The summed E-state index contributed by atoms with van der Waals surface area (Å²) in [6, 6.07) is 12.0. The van der Waals surface area contributed by atoms with Crippen LogP contribution in [-0.2, 0) is 11.3 Å². The highest BCUT2D eigenvalue weighted by atomic mass is 32.1. The molecule has 3 aromatic rings. The number of hydrogen-bond donors (Lipinski definition) is 2. The predicted octanol–water partition coefficient (Wildman–Crippen LogP) is 3.17. The topological polar surface area (TPSA) is 67.2 Å². The van der Waals surface area contributed by atoms with E-state index in [1.54, 1.807) is 11.3 Å². The van der Waals surface area contributed by atoms with Crippen LogP contribution < -0.4 is 10.6 Å². The largest absolute Gasteiger partial charge is 0.457 e. The molecule has 5 nitrogen and oxygen atoms in total. The number of carbonyl (C=O) groups excluding carboxylic acids is 1. The number of para-hydroxylation sites is 1. The highest BCUT2D eigenvalue weighted by molar-refractivity contribution is 7.21. The molecule has 0 spiro atoms. The Morgan fingerprint density at radius 2 is 2.09 bits per heavy atom. The van der Waals surface area contributed by atoms with Crippen molar-refractivity contribution in [3.8, 4) is 10.8 Å². The summed E-state index contributed by atoms with van der Waals surface area (Å²) >= 11 is 1.64. The second kappa shape index (κ2) is 7.39. The second-order valence-corrected chi connectivity index (χ2v) is 6.30. The minimum Gasteiger partial charge on any atom is -0.457 e. The second-order valence-electron chi connectivity index (χ2n) is 5.27. The maximum Gasteiger partial charge on any atom is 0.216 e. The van der Waals surface area contributed by atoms with E-state index >= 15 is 0 Å². The van der Waals surface area contributed by atoms with Gasteiger partial charge in [0.1, 0.15) is 5.76 Å². The Balaban J connectivity index is 1.53. The van der Waals surface area contributed by atoms with E-state index in [1.807, 2.05) is 30.3 Å². The maximum absolute atomic E-state index is 10.7. The van der Waals surface area contributed by atoms with Crippen LogP contribution in [0.4, 0.5) is 0 Å². The Morgan fingerprint density at radius 3 is 2.91 bits per heavy atom. The fourth-order valence-electron chi connectivity index (χ4n) is 2.25. The van der Waals surface area contributed by atoms with Crippen LogP contribution in [0.5, 0.6) is 0 Å². The first-order valence-corrected chi connectivity index (χ1v) is 8.44. The number of furan rings is 1. The van der Waals surface area contributed by atoms with Crippen molar-refractivity contribution in [3.05, 3.63) is 42.2 Å². The van der Waals surface area contributed by atoms with Gasteiger partial charge in [-0.3, -0.25) is 4.79 Å². The van der Waals surface area contributed by atoms with Gasteiger partial charge in [0.05, 0.1) is 16.8 Å². The molecular weight excluding hydrogens is 310 g/mol. The summed E-state index contributed by atoms with van der Waals surface area (Å²) in [6.45, 7) is 3.72. The first-order valence-electron chi connectivity index (χ1n) is 7.62. The molecule has 0 fully saturated rings. The number of nitrogens with zero attached hydrogens (tertiary/aromatic N) is 1. The number of thiazole rings is 1. The van der Waals surface area contributed by atoms with E-state index in [0.717, 1.165) is 39.7 Å². The number of fused-ring (bicyclic) bond motifs is 1. The molecule has 0 saturated heterocycles. The molecule has 2 N–H and O–H groups in total. The Kier molecular flexibility index (Phi) is 5.05. The third-order valence-corrected chi connectivity index (χ3v) is 4.42. The van der Waals surface area contributed by atoms with Crippen molar-refractivity contribution in [3.63, 3.8) is 0 Å². The minimum atomic E-state index is 0.0107. The smallest absolute Gasteiger partial charge is 0.216 e. The number of hydrogen-bond acceptors (Lipinski definition) is 5. The van der Waals surface area contributed by atoms with Crippen molar-refractivity contribution >= 4 is 27.5 Å². The molecule has 0 atom stereocenters. The third-order valence-electron chi connectivity index (χ3n) is 3.37. The van der Waals surface area contributed by atoms with Gasteiger partial charge in [-0.05, 0) is 37.2 Å². The van der Waals surface area contributed by atoms with Crippen LogP contribution in [0, 0.1) is 0 Å². The summed E-state index contributed by atoms with van der Waals surface area (Å²) in [5.74, 6) is 1.71. The van der Waals surface area contributed by atoms with Crippen molar-refractivity contribution < 1.29 is 9.21 Å². The number of aromatic nitrogens is 1. The van der Waals surface area contributed by atoms with Gasteiger partial charge in [0, 0.05) is 13.5 Å². The van der Waals surface area contributed by atoms with E-state index in [1.165, 1.54) is 6.92 Å². The van der Waals surface area contributed by atoms with Gasteiger partial charge >= 0.3 is 0 Å². The van der Waals surface area contributed by atoms with E-state index in [-0.39, 0.29) is 5.91 Å². The molecule has 23 heavy (non-hydrogen) atoms. The van der Waals surface area contributed by atoms with Crippen LogP contribution in [0.15, 0.2) is 40.8 Å². The SMILES string of the molecule is CC(=O)NCCCNCc1ccc(-c2nc3ccccc3s2)o1. The third kappa shape index (κ3) is 4.18. The molecule has 0 saturated carbocycles. The summed E-state index contributed by atoms with van der Waals surface area (Å²) in [5.41, 5.74) is 1.00. The van der Waals surface area contributed by atoms with Gasteiger partial charge in [0.2, 0.25) is 5.91 Å². The number of benzene rings is 1. The van der Waals surface area contributed by atoms with Gasteiger partial charge < -0.3 is 15.1 Å². The molecule has 0 aliphatic carbocycles. The van der Waals surface area contributed by atoms with E-state index < -0.39 is 0 Å². The van der Waals surface area contributed by atoms with E-state index in [4.69, 9.17) is 4.42 Å². The van der Waals surface area contributed by atoms with Crippen molar-refractivity contribution in [2.45, 2.75) is 19.9 Å². The Hall–Kier alpha value is -2.18. The van der Waals surface area contributed by atoms with Gasteiger partial charge in [-0.1, -0.05) is 12.1 Å². The molecule has 0 aliphatic rings. The highest BCUT2D eigenvalue weighted by Crippen LogP contribution is 2.30. The van der Waals surface area contributed by atoms with Gasteiger partial charge in [-0.15, -0.1) is 11.3 Å². The Morgan fingerprint density at radius 1 is 1.22 bits per heavy atom. The van der Waals surface area contributed by atoms with E-state index in [9.17, 15) is 4.79 Å². The summed E-state index contributed by atoms with van der Waals surface area (Å²) in [6.07, 6.45) is 0.894. The first-order chi connectivity index (χ1) is 11.2. The first kappa shape index (κ1) is 15.7. The van der Waals surface area contributed by atoms with Crippen molar-refractivity contribution in [1.29, 1.82) is 0 Å². The van der Waals surface area contributed by atoms with Gasteiger partial charge in [0.15, 0.2) is 10.8 Å². The molecule has 1 aromatic carbocycles. The summed E-state index contributed by atoms with van der Waals surface area (Å²) in [7, 11) is 0. The van der Waals surface area contributed by atoms with Gasteiger partial charge in [-0.2, -0.15) is 0 Å². The quantitative estimate of drug-likeness (QED) is 0.653. The molecule has 0 bridgehead atoms. The zero-order valence-electron chi connectivity index (χ0n) is 13.0. The van der Waals surface area contributed by atoms with Crippen LogP contribution >= 0.6 is 11.3 Å². The standard InChI is InChI=1S/C17H19N3O2S/c1-12(21)19-10-4-9-18-11-13-7-8-15(22-13)17-20-14-5-2-3-6-16(14)23-17/h2-3,5-8,18H,4,9-11H2,1H3,(H,19,21). The van der Waals surface area contributed by atoms with Crippen LogP contribution in [0.25, 0.3) is 21.0 Å². The Bertz CT molecular complexity index is 761. The molecule has 0 unspecified atom stereocenters. The molecule has 2 heterocycles. The number of nitrogens with one attached hydrogen (secondary N) is 2. The fraction of sp³-hybridized carbons (Fsp3) is 0.294. The molecule has 3 rings (SSSR count). The van der Waals surface area contributed by atoms with Crippen LogP contribution in [0.3, 0.4) is 0 Å². The van der Waals surface area contributed by atoms with Crippen LogP contribution in [-0.4, -0.2) is 24.0 Å². The van der Waals surface area contributed by atoms with Crippen LogP contribution in [0.2, 0.25) is 0 Å². The molecule has 120 valence electrons. The average Bonchev–Trinajstić information content (AvgIpc) is 3.16. The molecule has 2 aromatic heterocycles. The molecule has 0 aliphatic heterocycles. The monoisotopic (exact) mass is 329 g/mol. The number of carbonyl (C=O) groups is 1. The fourth-order valence-corrected chi connectivity index (χ4v) is 3.18. The molecule has 0 radical (unpaired) electrons. The molecular formula is C17H19N3O2S. The lowest BCUT2D eigenvalue weighted by molar-refractivity contribution is -0.118. The zero-order chi connectivity index (χ0) is 16.1. The average molecular weight is 329 g/mol. The van der Waals surface area contributed by atoms with Crippen molar-refractivity contribution in [2.75, 3.05) is 13.1 Å².